The van der Waals surface area contributed by atoms with Gasteiger partial charge in [0, 0.05) is 30.2 Å². The van der Waals surface area contributed by atoms with Crippen LogP contribution >= 0.6 is 35.0 Å². The highest BCUT2D eigenvalue weighted by Gasteiger charge is 2.22. The molecule has 0 unspecified atom stereocenters. The number of aromatic nitrogens is 3. The van der Waals surface area contributed by atoms with Gasteiger partial charge in [-0.3, -0.25) is 4.79 Å². The van der Waals surface area contributed by atoms with E-state index in [1.54, 1.807) is 12.1 Å². The van der Waals surface area contributed by atoms with Gasteiger partial charge in [-0.05, 0) is 42.9 Å². The molecule has 0 atom stereocenters. The van der Waals surface area contributed by atoms with Crippen molar-refractivity contribution in [3.8, 4) is 11.4 Å². The lowest BCUT2D eigenvalue weighted by atomic mass is 9.99. The van der Waals surface area contributed by atoms with Crippen molar-refractivity contribution in [1.29, 1.82) is 0 Å². The van der Waals surface area contributed by atoms with Crippen LogP contribution < -0.4 is 0 Å². The Labute approximate surface area is 180 Å². The van der Waals surface area contributed by atoms with Gasteiger partial charge < -0.3 is 9.47 Å². The molecule has 0 bridgehead atoms. The van der Waals surface area contributed by atoms with E-state index in [4.69, 9.17) is 23.2 Å². The third-order valence-corrected chi connectivity index (χ3v) is 6.40. The fourth-order valence-electron chi connectivity index (χ4n) is 3.27. The molecular weight excluding hydrogens is 415 g/mol. The van der Waals surface area contributed by atoms with Crippen molar-refractivity contribution in [2.75, 3.05) is 18.8 Å². The molecule has 1 aliphatic rings. The Morgan fingerprint density at radius 1 is 1.25 bits per heavy atom. The number of thioether (sulfide) groups is 1. The fraction of sp³-hybridized carbons (Fsp3) is 0.550. The number of amides is 1. The minimum atomic E-state index is 0.169. The Morgan fingerprint density at radius 3 is 2.61 bits per heavy atom. The Morgan fingerprint density at radius 2 is 1.96 bits per heavy atom. The molecule has 1 fully saturated rings. The lowest BCUT2D eigenvalue weighted by Crippen LogP contribution is -2.38. The SMILES string of the molecule is CC(C)Cn1c(SCC(=O)N2CCC(C)CC2)nnc1-c1ccc(Cl)cc1Cl. The smallest absolute Gasteiger partial charge is 0.233 e. The first kappa shape index (κ1) is 21.5. The zero-order valence-corrected chi connectivity index (χ0v) is 18.8. The Kier molecular flexibility index (Phi) is 7.29. The summed E-state index contributed by atoms with van der Waals surface area (Å²) in [5.41, 5.74) is 0.794. The Hall–Kier alpha value is -1.24. The molecule has 0 N–H and O–H groups in total. The summed E-state index contributed by atoms with van der Waals surface area (Å²) in [6, 6.07) is 5.37. The van der Waals surface area contributed by atoms with Gasteiger partial charge in [0.1, 0.15) is 0 Å². The Bertz CT molecular complexity index is 832. The summed E-state index contributed by atoms with van der Waals surface area (Å²) < 4.78 is 2.05. The molecule has 1 saturated heterocycles. The van der Waals surface area contributed by atoms with E-state index in [2.05, 4.69) is 35.5 Å². The van der Waals surface area contributed by atoms with Gasteiger partial charge >= 0.3 is 0 Å². The lowest BCUT2D eigenvalue weighted by molar-refractivity contribution is -0.129. The first-order valence-corrected chi connectivity index (χ1v) is 11.4. The van der Waals surface area contributed by atoms with Gasteiger partial charge in [-0.2, -0.15) is 0 Å². The highest BCUT2D eigenvalue weighted by molar-refractivity contribution is 7.99. The molecule has 0 aliphatic carbocycles. The number of hydrogen-bond donors (Lipinski definition) is 0. The van der Waals surface area contributed by atoms with Gasteiger partial charge in [0.15, 0.2) is 11.0 Å². The molecule has 0 radical (unpaired) electrons. The van der Waals surface area contributed by atoms with Crippen molar-refractivity contribution in [1.82, 2.24) is 19.7 Å². The second-order valence-electron chi connectivity index (χ2n) is 7.79. The second kappa shape index (κ2) is 9.51. The van der Waals surface area contributed by atoms with E-state index in [1.807, 2.05) is 11.0 Å². The molecule has 2 heterocycles. The van der Waals surface area contributed by atoms with Crippen molar-refractivity contribution < 1.29 is 4.79 Å². The van der Waals surface area contributed by atoms with E-state index >= 15 is 0 Å². The molecule has 5 nitrogen and oxygen atoms in total. The first-order chi connectivity index (χ1) is 13.3. The largest absolute Gasteiger partial charge is 0.342 e. The second-order valence-corrected chi connectivity index (χ2v) is 9.57. The van der Waals surface area contributed by atoms with Gasteiger partial charge in [-0.1, -0.05) is 55.7 Å². The molecule has 1 aromatic heterocycles. The number of rotatable bonds is 6. The zero-order chi connectivity index (χ0) is 20.3. The van der Waals surface area contributed by atoms with E-state index in [0.717, 1.165) is 43.2 Å². The number of hydrogen-bond acceptors (Lipinski definition) is 4. The standard InChI is InChI=1S/C20H26Cl2N4OS/c1-13(2)11-26-19(16-5-4-15(21)10-17(16)22)23-24-20(26)28-12-18(27)25-8-6-14(3)7-9-25/h4-5,10,13-14H,6-9,11-12H2,1-3H3. The van der Waals surface area contributed by atoms with Gasteiger partial charge in [0.2, 0.25) is 5.91 Å². The highest BCUT2D eigenvalue weighted by atomic mass is 35.5. The molecule has 1 aliphatic heterocycles. The van der Waals surface area contributed by atoms with Gasteiger partial charge in [-0.15, -0.1) is 10.2 Å². The van der Waals surface area contributed by atoms with E-state index in [1.165, 1.54) is 11.8 Å². The number of nitrogens with zero attached hydrogens (tertiary/aromatic N) is 4. The molecule has 0 spiro atoms. The molecule has 1 aromatic carbocycles. The van der Waals surface area contributed by atoms with Gasteiger partial charge in [-0.25, -0.2) is 0 Å². The molecule has 28 heavy (non-hydrogen) atoms. The molecule has 2 aromatic rings. The number of carbonyl (C=O) groups is 1. The summed E-state index contributed by atoms with van der Waals surface area (Å²) in [4.78, 5) is 14.6. The molecular formula is C20H26Cl2N4OS. The van der Waals surface area contributed by atoms with Crippen LogP contribution in [-0.4, -0.2) is 44.4 Å². The molecule has 8 heteroatoms. The maximum absolute atomic E-state index is 12.6. The van der Waals surface area contributed by atoms with Crippen LogP contribution in [0.25, 0.3) is 11.4 Å². The van der Waals surface area contributed by atoms with Crippen LogP contribution in [0, 0.1) is 11.8 Å². The van der Waals surface area contributed by atoms with E-state index in [9.17, 15) is 4.79 Å². The van der Waals surface area contributed by atoms with E-state index in [0.29, 0.717) is 33.5 Å². The average Bonchev–Trinajstić information content (AvgIpc) is 3.02. The fourth-order valence-corrected chi connectivity index (χ4v) is 4.61. The van der Waals surface area contributed by atoms with Crippen LogP contribution in [0.15, 0.2) is 23.4 Å². The maximum atomic E-state index is 12.6. The number of likely N-dealkylation sites (tertiary alicyclic amines) is 1. The van der Waals surface area contributed by atoms with Crippen LogP contribution in [0.3, 0.4) is 0 Å². The maximum Gasteiger partial charge on any atom is 0.233 e. The quantitative estimate of drug-likeness (QED) is 0.574. The van der Waals surface area contributed by atoms with Crippen molar-refractivity contribution in [3.05, 3.63) is 28.2 Å². The molecule has 1 amide bonds. The molecule has 3 rings (SSSR count). The van der Waals surface area contributed by atoms with Crippen LogP contribution in [-0.2, 0) is 11.3 Å². The van der Waals surface area contributed by atoms with Crippen molar-refractivity contribution >= 4 is 40.9 Å². The topological polar surface area (TPSA) is 51.0 Å². The predicted molar refractivity (Wildman–Crippen MR) is 116 cm³/mol. The third-order valence-electron chi connectivity index (χ3n) is 4.90. The predicted octanol–water partition coefficient (Wildman–Crippen LogP) is 5.26. The third kappa shape index (κ3) is 5.22. The summed E-state index contributed by atoms with van der Waals surface area (Å²) >= 11 is 13.9. The van der Waals surface area contributed by atoms with Crippen molar-refractivity contribution in [2.45, 2.75) is 45.3 Å². The number of benzene rings is 1. The summed E-state index contributed by atoms with van der Waals surface area (Å²) in [5.74, 6) is 2.36. The summed E-state index contributed by atoms with van der Waals surface area (Å²) in [6.45, 7) is 8.98. The van der Waals surface area contributed by atoms with Gasteiger partial charge in [0.25, 0.3) is 0 Å². The van der Waals surface area contributed by atoms with Crippen molar-refractivity contribution in [2.24, 2.45) is 11.8 Å². The van der Waals surface area contributed by atoms with Gasteiger partial charge in [0.05, 0.1) is 10.8 Å². The average molecular weight is 441 g/mol. The monoisotopic (exact) mass is 440 g/mol. The Balaban J connectivity index is 1.77. The summed E-state index contributed by atoms with van der Waals surface area (Å²) in [5, 5.41) is 10.6. The summed E-state index contributed by atoms with van der Waals surface area (Å²) in [6.07, 6.45) is 2.16. The highest BCUT2D eigenvalue weighted by Crippen LogP contribution is 2.32. The molecule has 152 valence electrons. The van der Waals surface area contributed by atoms with Crippen LogP contribution in [0.5, 0.6) is 0 Å². The minimum Gasteiger partial charge on any atom is -0.342 e. The van der Waals surface area contributed by atoms with Crippen LogP contribution in [0.4, 0.5) is 0 Å². The molecule has 0 saturated carbocycles. The van der Waals surface area contributed by atoms with Crippen molar-refractivity contribution in [3.63, 3.8) is 0 Å². The first-order valence-electron chi connectivity index (χ1n) is 9.64. The van der Waals surface area contributed by atoms with Crippen LogP contribution in [0.2, 0.25) is 10.0 Å². The normalized spacial score (nSPS) is 15.4. The lowest BCUT2D eigenvalue weighted by Gasteiger charge is -2.30. The zero-order valence-electron chi connectivity index (χ0n) is 16.5. The number of piperidine rings is 1. The summed E-state index contributed by atoms with van der Waals surface area (Å²) in [7, 11) is 0. The van der Waals surface area contributed by atoms with Crippen LogP contribution in [0.1, 0.15) is 33.6 Å². The number of carbonyl (C=O) groups excluding carboxylic acids is 1. The number of halogens is 2. The van der Waals surface area contributed by atoms with E-state index in [-0.39, 0.29) is 5.91 Å². The van der Waals surface area contributed by atoms with E-state index < -0.39 is 0 Å². The minimum absolute atomic E-state index is 0.169.